The number of amides is 1. The number of hydrogen-bond donors (Lipinski definition) is 2. The van der Waals surface area contributed by atoms with Crippen LogP contribution in [0.5, 0.6) is 5.75 Å². The van der Waals surface area contributed by atoms with Crippen LogP contribution in [-0.4, -0.2) is 82.8 Å². The Kier molecular flexibility index (Phi) is 12.6. The van der Waals surface area contributed by atoms with E-state index in [1.165, 1.54) is 18.1 Å². The van der Waals surface area contributed by atoms with Gasteiger partial charge in [-0.2, -0.15) is 11.8 Å². The van der Waals surface area contributed by atoms with Gasteiger partial charge in [-0.15, -0.1) is 0 Å². The maximum absolute atomic E-state index is 14.0. The van der Waals surface area contributed by atoms with Crippen LogP contribution < -0.4 is 10.1 Å². The number of piperidine rings is 1. The molecular weight excluding hydrogens is 641 g/mol. The normalized spacial score (nSPS) is 27.8. The number of halogens is 2. The number of nitrogens with zero attached hydrogens (tertiary/aromatic N) is 1. The van der Waals surface area contributed by atoms with E-state index in [9.17, 15) is 23.5 Å². The fraction of sp³-hybridized carbons (Fsp3) is 0.795. The lowest BCUT2D eigenvalue weighted by Crippen LogP contribution is -2.64. The minimum absolute atomic E-state index is 0.121. The molecule has 3 aliphatic rings. The van der Waals surface area contributed by atoms with Gasteiger partial charge in [0.25, 0.3) is 0 Å². The van der Waals surface area contributed by atoms with Crippen molar-refractivity contribution in [1.29, 1.82) is 0 Å². The smallest absolute Gasteiger partial charge is 0.410 e. The van der Waals surface area contributed by atoms with Crippen LogP contribution in [0.4, 0.5) is 13.6 Å². The topological polar surface area (TPSA) is 75.6 Å². The monoisotopic (exact) mass is 705 g/mol. The third-order valence-corrected chi connectivity index (χ3v) is 14.6. The first-order valence-corrected chi connectivity index (χ1v) is 19.2. The summed E-state index contributed by atoms with van der Waals surface area (Å²) in [7, 11) is 7.57. The van der Waals surface area contributed by atoms with Crippen molar-refractivity contribution < 1.29 is 32.7 Å². The van der Waals surface area contributed by atoms with Crippen molar-refractivity contribution >= 4 is 31.5 Å². The minimum atomic E-state index is -2.27. The lowest BCUT2D eigenvalue weighted by atomic mass is 9.69. The quantitative estimate of drug-likeness (QED) is 0.137. The zero-order chi connectivity index (χ0) is 37.4. The van der Waals surface area contributed by atoms with Crippen molar-refractivity contribution in [3.05, 3.63) is 28.8 Å². The second-order valence-corrected chi connectivity index (χ2v) is 19.3. The van der Waals surface area contributed by atoms with Gasteiger partial charge < -0.3 is 19.6 Å². The van der Waals surface area contributed by atoms with Crippen molar-refractivity contribution in [1.82, 2.24) is 5.32 Å². The highest BCUT2D eigenvalue weighted by atomic mass is 32.2. The number of aryl methyl sites for hydroxylation is 1. The number of nitrogens with one attached hydrogen (secondary N) is 1. The lowest BCUT2D eigenvalue weighted by Gasteiger charge is -2.57. The molecule has 1 saturated carbocycles. The van der Waals surface area contributed by atoms with Crippen LogP contribution in [0.2, 0.25) is 0 Å². The number of thioether (sulfide) groups is 1. The first-order chi connectivity index (χ1) is 22.3. The molecule has 49 heavy (non-hydrogen) atoms. The average molecular weight is 706 g/mol. The van der Waals surface area contributed by atoms with E-state index in [1.54, 1.807) is 13.8 Å². The molecule has 6 unspecified atom stereocenters. The van der Waals surface area contributed by atoms with Gasteiger partial charge in [0, 0.05) is 36.0 Å². The van der Waals surface area contributed by atoms with Gasteiger partial charge in [0.1, 0.15) is 37.1 Å². The number of ketones is 1. The van der Waals surface area contributed by atoms with Gasteiger partial charge in [-0.1, -0.05) is 34.6 Å². The summed E-state index contributed by atoms with van der Waals surface area (Å²) < 4.78 is 34.2. The molecule has 4 rings (SSSR count). The number of rotatable bonds is 11. The molecule has 1 saturated heterocycles. The van der Waals surface area contributed by atoms with Gasteiger partial charge in [-0.05, 0) is 102 Å². The summed E-state index contributed by atoms with van der Waals surface area (Å²) in [4.78, 5) is 24.9. The van der Waals surface area contributed by atoms with E-state index in [4.69, 9.17) is 12.6 Å². The van der Waals surface area contributed by atoms with Crippen LogP contribution in [-0.2, 0) is 11.2 Å². The number of aliphatic hydroxyl groups excluding tert-OH is 1. The highest BCUT2D eigenvalue weighted by Gasteiger charge is 2.61. The Morgan fingerprint density at radius 2 is 1.76 bits per heavy atom. The predicted molar refractivity (Wildman–Crippen MR) is 199 cm³/mol. The van der Waals surface area contributed by atoms with E-state index in [2.05, 4.69) is 60.0 Å². The zero-order valence-electron chi connectivity index (χ0n) is 32.4. The van der Waals surface area contributed by atoms with Crippen molar-refractivity contribution in [2.75, 3.05) is 26.0 Å². The number of carbonyl (C=O) groups is 2. The van der Waals surface area contributed by atoms with Crippen molar-refractivity contribution in [2.45, 2.75) is 161 Å². The number of fused-ring (bicyclic) bond motifs is 5. The number of benzene rings is 1. The molecule has 276 valence electrons. The molecule has 2 fully saturated rings. The van der Waals surface area contributed by atoms with Gasteiger partial charge in [-0.25, -0.2) is 9.18 Å². The zero-order valence-corrected chi connectivity index (χ0v) is 33.3. The molecule has 0 bridgehead atoms. The van der Waals surface area contributed by atoms with Gasteiger partial charge in [-0.3, -0.25) is 9.18 Å². The summed E-state index contributed by atoms with van der Waals surface area (Å²) in [5, 5.41) is 12.1. The van der Waals surface area contributed by atoms with Crippen LogP contribution in [0.15, 0.2) is 12.1 Å². The molecule has 1 aromatic carbocycles. The first kappa shape index (κ1) is 41.8. The van der Waals surface area contributed by atoms with Crippen LogP contribution in [0, 0.1) is 17.8 Å². The second kappa shape index (κ2) is 14.8. The molecule has 2 N–H and O–H groups in total. The van der Waals surface area contributed by atoms with E-state index in [1.807, 2.05) is 24.8 Å². The third-order valence-electron chi connectivity index (χ3n) is 12.9. The van der Waals surface area contributed by atoms with Gasteiger partial charge in [0.05, 0.1) is 36.7 Å². The highest BCUT2D eigenvalue weighted by Crippen LogP contribution is 2.56. The summed E-state index contributed by atoms with van der Waals surface area (Å²) in [6.45, 7) is 22.0. The molecular formula is C39H64BF2N2O4S+. The van der Waals surface area contributed by atoms with Gasteiger partial charge >= 0.3 is 6.09 Å². The molecule has 6 nitrogen and oxygen atoms in total. The Hall–Kier alpha value is -1.65. The highest BCUT2D eigenvalue weighted by molar-refractivity contribution is 8.00. The summed E-state index contributed by atoms with van der Waals surface area (Å²) in [5.74, 6) is 1.85. The van der Waals surface area contributed by atoms with E-state index < -0.39 is 22.9 Å². The lowest BCUT2D eigenvalue weighted by molar-refractivity contribution is -0.974. The second-order valence-electron chi connectivity index (χ2n) is 17.6. The number of hydrogen-bond acceptors (Lipinski definition) is 5. The Bertz CT molecular complexity index is 1360. The molecule has 1 aliphatic carbocycles. The molecule has 2 radical (unpaired) electrons. The number of quaternary nitrogens is 1. The number of carbonyl (C=O) groups excluding carboxylic acids is 2. The molecule has 1 aromatic rings. The van der Waals surface area contributed by atoms with Crippen molar-refractivity contribution in [3.63, 3.8) is 0 Å². The predicted octanol–water partition coefficient (Wildman–Crippen LogP) is 8.73. The largest absolute Gasteiger partial charge is 0.413 e. The van der Waals surface area contributed by atoms with Crippen molar-refractivity contribution in [2.24, 2.45) is 10.8 Å². The van der Waals surface area contributed by atoms with Crippen LogP contribution >= 0.6 is 11.8 Å². The van der Waals surface area contributed by atoms with E-state index >= 15 is 0 Å². The van der Waals surface area contributed by atoms with Crippen LogP contribution in [0.25, 0.3) is 0 Å². The van der Waals surface area contributed by atoms with Crippen LogP contribution in [0.3, 0.4) is 0 Å². The molecule has 1 amide bonds. The molecule has 0 aromatic heterocycles. The molecule has 2 heterocycles. The Labute approximate surface area is 301 Å². The third kappa shape index (κ3) is 8.88. The summed E-state index contributed by atoms with van der Waals surface area (Å²) >= 11 is 1.83. The van der Waals surface area contributed by atoms with Crippen molar-refractivity contribution in [3.8, 4) is 5.75 Å². The Balaban J connectivity index is 0.000000298. The molecule has 2 aliphatic heterocycles. The SMILES string of the molecule is Cc1cc2c(cc1OC(=O)NC(C)(C)CO)CC[N+]1(C)C2CCC2(C)C(=O)CCC21.[B]C(C)(F)C(C)(F)CCCSC(C)(C)C(C)(C)CC. The molecule has 6 atom stereocenters. The maximum Gasteiger partial charge on any atom is 0.413 e. The maximum atomic E-state index is 14.0. The van der Waals surface area contributed by atoms with Gasteiger partial charge in [0.2, 0.25) is 0 Å². The first-order valence-electron chi connectivity index (χ1n) is 18.2. The molecule has 10 heteroatoms. The van der Waals surface area contributed by atoms with Crippen LogP contribution in [0.1, 0.15) is 137 Å². The number of Topliss-reactive ketones (excluding diaryl/α,β-unsaturated/α-hetero) is 1. The summed E-state index contributed by atoms with van der Waals surface area (Å²) in [5.41, 5.74) is -1.36. The number of alkyl halides is 2. The number of likely N-dealkylation sites (N-methyl/N-ethyl adjacent to an activating group) is 1. The summed E-state index contributed by atoms with van der Waals surface area (Å²) in [6.07, 6.45) is 5.97. The summed E-state index contributed by atoms with van der Waals surface area (Å²) in [6, 6.07) is 5.01. The average Bonchev–Trinajstić information content (AvgIpc) is 3.30. The number of ether oxygens (including phenoxy) is 1. The standard InChI is InChI=1S/C24H34N2O4.C15H29BF2S/c1-15-12-17-16(13-19(15)30-22(29)25-23(2,3)14-27)9-11-26(5)18(17)8-10-24(4)20(26)6-7-21(24)28;1-8-12(2,3)13(4,5)19-11-9-10-14(6,17)15(7,16)18/h12-13,18,20,27H,6-11,14H2,1-5H3;8-11H2,1-7H3/p+1. The Morgan fingerprint density at radius 1 is 1.12 bits per heavy atom. The fourth-order valence-corrected chi connectivity index (χ4v) is 9.17. The minimum Gasteiger partial charge on any atom is -0.410 e. The number of aliphatic hydroxyl groups is 1. The van der Waals surface area contributed by atoms with E-state index in [0.717, 1.165) is 67.8 Å². The van der Waals surface area contributed by atoms with E-state index in [0.29, 0.717) is 30.0 Å². The van der Waals surface area contributed by atoms with E-state index in [-0.39, 0.29) is 28.6 Å². The Morgan fingerprint density at radius 3 is 2.33 bits per heavy atom. The fourth-order valence-electron chi connectivity index (χ4n) is 7.83. The van der Waals surface area contributed by atoms with Gasteiger partial charge in [0.15, 0.2) is 0 Å². The molecule has 0 spiro atoms.